The average molecular weight is 295 g/mol. The number of nitriles is 1. The third kappa shape index (κ3) is 2.53. The number of nitrogens with zero attached hydrogens (tertiary/aromatic N) is 3. The van der Waals surface area contributed by atoms with Gasteiger partial charge in [-0.05, 0) is 25.5 Å². The van der Waals surface area contributed by atoms with Gasteiger partial charge in [-0.15, -0.1) is 5.10 Å². The average Bonchev–Trinajstić information content (AvgIpc) is 2.38. The summed E-state index contributed by atoms with van der Waals surface area (Å²) >= 11 is 5.78. The predicted molar refractivity (Wildman–Crippen MR) is 70.9 cm³/mol. The maximum Gasteiger partial charge on any atom is 0.171 e. The fraction of sp³-hybridized carbons (Fsp3) is 0.154. The molecule has 4 nitrogen and oxygen atoms in total. The molecule has 1 N–H and O–H groups in total. The summed E-state index contributed by atoms with van der Waals surface area (Å²) in [7, 11) is 0. The molecule has 20 heavy (non-hydrogen) atoms. The summed E-state index contributed by atoms with van der Waals surface area (Å²) in [6, 6.07) is 3.63. The van der Waals surface area contributed by atoms with Gasteiger partial charge in [-0.25, -0.2) is 8.78 Å². The summed E-state index contributed by atoms with van der Waals surface area (Å²) in [6.45, 7) is 3.41. The Labute approximate surface area is 119 Å². The van der Waals surface area contributed by atoms with Gasteiger partial charge >= 0.3 is 0 Å². The summed E-state index contributed by atoms with van der Waals surface area (Å²) in [5, 5.41) is 19.2. The van der Waals surface area contributed by atoms with Crippen LogP contribution >= 0.6 is 11.6 Å². The zero-order valence-corrected chi connectivity index (χ0v) is 11.4. The lowest BCUT2D eigenvalue weighted by molar-refractivity contribution is 0.586. The quantitative estimate of drug-likeness (QED) is 0.918. The normalized spacial score (nSPS) is 10.2. The molecule has 1 aromatic carbocycles. The SMILES string of the molecule is Cc1nnc(Nc2c(F)cc(F)cc2Cl)c(C#N)c1C. The van der Waals surface area contributed by atoms with Crippen molar-refractivity contribution in [3.63, 3.8) is 0 Å². The highest BCUT2D eigenvalue weighted by Gasteiger charge is 2.15. The van der Waals surface area contributed by atoms with Crippen molar-refractivity contribution in [1.82, 2.24) is 10.2 Å². The summed E-state index contributed by atoms with van der Waals surface area (Å²) < 4.78 is 26.7. The molecule has 0 aliphatic rings. The van der Waals surface area contributed by atoms with E-state index in [1.807, 2.05) is 6.07 Å². The molecule has 1 heterocycles. The minimum Gasteiger partial charge on any atom is -0.334 e. The zero-order chi connectivity index (χ0) is 14.9. The Balaban J connectivity index is 2.52. The van der Waals surface area contributed by atoms with Gasteiger partial charge in [0.25, 0.3) is 0 Å². The fourth-order valence-corrected chi connectivity index (χ4v) is 1.85. The molecule has 0 bridgehead atoms. The predicted octanol–water partition coefficient (Wildman–Crippen LogP) is 3.64. The Morgan fingerprint density at radius 3 is 2.55 bits per heavy atom. The molecular formula is C13H9ClF2N4. The van der Waals surface area contributed by atoms with Crippen molar-refractivity contribution >= 4 is 23.1 Å². The van der Waals surface area contributed by atoms with Crippen LogP contribution in [0.4, 0.5) is 20.3 Å². The number of aromatic nitrogens is 2. The molecule has 0 radical (unpaired) electrons. The molecule has 0 fully saturated rings. The minimum atomic E-state index is -0.876. The number of aryl methyl sites for hydroxylation is 1. The van der Waals surface area contributed by atoms with Gasteiger partial charge in [0.1, 0.15) is 17.4 Å². The van der Waals surface area contributed by atoms with Gasteiger partial charge in [-0.2, -0.15) is 10.4 Å². The van der Waals surface area contributed by atoms with E-state index in [1.165, 1.54) is 0 Å². The third-order valence-electron chi connectivity index (χ3n) is 2.82. The Kier molecular flexibility index (Phi) is 3.81. The van der Waals surface area contributed by atoms with Crippen LogP contribution in [-0.4, -0.2) is 10.2 Å². The second-order valence-electron chi connectivity index (χ2n) is 4.12. The van der Waals surface area contributed by atoms with Crippen LogP contribution in [0.5, 0.6) is 0 Å². The first-order chi connectivity index (χ1) is 9.43. The molecule has 102 valence electrons. The largest absolute Gasteiger partial charge is 0.334 e. The highest BCUT2D eigenvalue weighted by molar-refractivity contribution is 6.33. The van der Waals surface area contributed by atoms with Crippen LogP contribution in [0.25, 0.3) is 0 Å². The summed E-state index contributed by atoms with van der Waals surface area (Å²) in [5.74, 6) is -1.59. The summed E-state index contributed by atoms with van der Waals surface area (Å²) in [6.07, 6.45) is 0. The molecule has 1 aromatic heterocycles. The standard InChI is InChI=1S/C13H9ClF2N4/c1-6-7(2)19-20-13(9(6)5-17)18-12-10(14)3-8(15)4-11(12)16/h3-4H,1-2H3,(H,18,20). The van der Waals surface area contributed by atoms with E-state index in [4.69, 9.17) is 16.9 Å². The molecule has 0 spiro atoms. The maximum atomic E-state index is 13.7. The van der Waals surface area contributed by atoms with Crippen LogP contribution in [-0.2, 0) is 0 Å². The number of halogens is 3. The van der Waals surface area contributed by atoms with Crippen molar-refractivity contribution in [2.75, 3.05) is 5.32 Å². The van der Waals surface area contributed by atoms with Crippen molar-refractivity contribution in [1.29, 1.82) is 5.26 Å². The third-order valence-corrected chi connectivity index (χ3v) is 3.11. The first kappa shape index (κ1) is 14.2. The lowest BCUT2D eigenvalue weighted by Crippen LogP contribution is -2.05. The Morgan fingerprint density at radius 1 is 1.25 bits per heavy atom. The van der Waals surface area contributed by atoms with Crippen molar-refractivity contribution in [3.05, 3.63) is 45.6 Å². The van der Waals surface area contributed by atoms with Crippen LogP contribution in [0.1, 0.15) is 16.8 Å². The molecule has 0 aliphatic carbocycles. The Morgan fingerprint density at radius 2 is 1.95 bits per heavy atom. The van der Waals surface area contributed by atoms with Crippen molar-refractivity contribution in [2.45, 2.75) is 13.8 Å². The van der Waals surface area contributed by atoms with Crippen LogP contribution < -0.4 is 5.32 Å². The van der Waals surface area contributed by atoms with Gasteiger partial charge in [-0.3, -0.25) is 0 Å². The van der Waals surface area contributed by atoms with E-state index in [-0.39, 0.29) is 22.1 Å². The van der Waals surface area contributed by atoms with Crippen molar-refractivity contribution in [3.8, 4) is 6.07 Å². The number of hydrogen-bond acceptors (Lipinski definition) is 4. The maximum absolute atomic E-state index is 13.7. The van der Waals surface area contributed by atoms with Gasteiger partial charge in [0.05, 0.1) is 16.4 Å². The number of benzene rings is 1. The van der Waals surface area contributed by atoms with Gasteiger partial charge < -0.3 is 5.32 Å². The first-order valence-electron chi connectivity index (χ1n) is 5.59. The van der Waals surface area contributed by atoms with Gasteiger partial charge in [0, 0.05) is 6.07 Å². The van der Waals surface area contributed by atoms with Crippen molar-refractivity contribution < 1.29 is 8.78 Å². The van der Waals surface area contributed by atoms with E-state index in [2.05, 4.69) is 15.5 Å². The Bertz CT molecular complexity index is 702. The number of hydrogen-bond donors (Lipinski definition) is 1. The van der Waals surface area contributed by atoms with Gasteiger partial charge in [-0.1, -0.05) is 11.6 Å². The van der Waals surface area contributed by atoms with E-state index in [9.17, 15) is 8.78 Å². The molecule has 0 saturated carbocycles. The highest BCUT2D eigenvalue weighted by Crippen LogP contribution is 2.30. The van der Waals surface area contributed by atoms with Gasteiger partial charge in [0.2, 0.25) is 0 Å². The topological polar surface area (TPSA) is 61.6 Å². The lowest BCUT2D eigenvalue weighted by Gasteiger charge is -2.11. The van der Waals surface area contributed by atoms with Crippen LogP contribution in [0.15, 0.2) is 12.1 Å². The number of anilines is 2. The number of nitrogens with one attached hydrogen (secondary N) is 1. The van der Waals surface area contributed by atoms with E-state index in [1.54, 1.807) is 13.8 Å². The minimum absolute atomic E-state index is 0.0722. The Hall–Kier alpha value is -2.26. The van der Waals surface area contributed by atoms with Crippen molar-refractivity contribution in [2.24, 2.45) is 0 Å². The second-order valence-corrected chi connectivity index (χ2v) is 4.52. The van der Waals surface area contributed by atoms with E-state index < -0.39 is 11.6 Å². The molecule has 2 aromatic rings. The first-order valence-corrected chi connectivity index (χ1v) is 5.97. The molecule has 0 amide bonds. The molecular weight excluding hydrogens is 286 g/mol. The van der Waals surface area contributed by atoms with Gasteiger partial charge in [0.15, 0.2) is 11.6 Å². The smallest absolute Gasteiger partial charge is 0.171 e. The van der Waals surface area contributed by atoms with E-state index in [0.717, 1.165) is 6.07 Å². The molecule has 0 saturated heterocycles. The van der Waals surface area contributed by atoms with Crippen LogP contribution in [0.3, 0.4) is 0 Å². The lowest BCUT2D eigenvalue weighted by atomic mass is 10.1. The monoisotopic (exact) mass is 294 g/mol. The number of rotatable bonds is 2. The summed E-state index contributed by atoms with van der Waals surface area (Å²) in [4.78, 5) is 0. The molecule has 0 atom stereocenters. The van der Waals surface area contributed by atoms with Crippen LogP contribution in [0, 0.1) is 36.8 Å². The second kappa shape index (κ2) is 5.39. The molecule has 2 rings (SSSR count). The molecule has 0 aliphatic heterocycles. The fourth-order valence-electron chi connectivity index (χ4n) is 1.61. The zero-order valence-electron chi connectivity index (χ0n) is 10.6. The van der Waals surface area contributed by atoms with E-state index in [0.29, 0.717) is 17.3 Å². The van der Waals surface area contributed by atoms with Crippen LogP contribution in [0.2, 0.25) is 5.02 Å². The van der Waals surface area contributed by atoms with E-state index >= 15 is 0 Å². The molecule has 0 unspecified atom stereocenters. The molecule has 7 heteroatoms. The summed E-state index contributed by atoms with van der Waals surface area (Å²) in [5.41, 5.74) is 1.31. The highest BCUT2D eigenvalue weighted by atomic mass is 35.5.